The van der Waals surface area contributed by atoms with E-state index in [9.17, 15) is 0 Å². The van der Waals surface area contributed by atoms with Crippen molar-refractivity contribution >= 4 is 0 Å². The van der Waals surface area contributed by atoms with Gasteiger partial charge in [0.15, 0.2) is 5.82 Å². The Labute approximate surface area is 150 Å². The monoisotopic (exact) mass is 335 g/mol. The summed E-state index contributed by atoms with van der Waals surface area (Å²) in [5, 5.41) is 9.56. The molecule has 1 aromatic heterocycles. The van der Waals surface area contributed by atoms with Crippen molar-refractivity contribution in [2.75, 3.05) is 0 Å². The fourth-order valence-corrected chi connectivity index (χ4v) is 6.41. The zero-order valence-electron chi connectivity index (χ0n) is 15.3. The van der Waals surface area contributed by atoms with Gasteiger partial charge in [-0.1, -0.05) is 43.7 Å². The average Bonchev–Trinajstić information content (AvgIpc) is 3.04. The van der Waals surface area contributed by atoms with Crippen LogP contribution in [0.4, 0.5) is 0 Å². The van der Waals surface area contributed by atoms with E-state index in [-0.39, 0.29) is 0 Å². The summed E-state index contributed by atoms with van der Waals surface area (Å²) >= 11 is 0. The molecule has 0 saturated heterocycles. The van der Waals surface area contributed by atoms with Crippen molar-refractivity contribution < 1.29 is 0 Å². The predicted octanol–water partition coefficient (Wildman–Crippen LogP) is 5.21. The molecule has 132 valence electrons. The van der Waals surface area contributed by atoms with Gasteiger partial charge in [0.2, 0.25) is 0 Å². The lowest BCUT2D eigenvalue weighted by atomic mass is 9.49. The van der Waals surface area contributed by atoms with E-state index in [0.717, 1.165) is 30.1 Å². The van der Waals surface area contributed by atoms with Gasteiger partial charge in [0.05, 0.1) is 0 Å². The van der Waals surface area contributed by atoms with Crippen LogP contribution in [-0.2, 0) is 12.0 Å². The molecular weight excluding hydrogens is 306 g/mol. The number of hydrogen-bond acceptors (Lipinski definition) is 2. The molecule has 3 nitrogen and oxygen atoms in total. The maximum Gasteiger partial charge on any atom is 0.163 e. The molecular formula is C22H29N3. The predicted molar refractivity (Wildman–Crippen MR) is 100 cm³/mol. The Morgan fingerprint density at radius 2 is 1.60 bits per heavy atom. The molecule has 0 unspecified atom stereocenters. The van der Waals surface area contributed by atoms with E-state index >= 15 is 0 Å². The topological polar surface area (TPSA) is 30.7 Å². The summed E-state index contributed by atoms with van der Waals surface area (Å²) in [7, 11) is 0. The molecule has 0 amide bonds. The zero-order chi connectivity index (χ0) is 16.9. The quantitative estimate of drug-likeness (QED) is 0.750. The number of hydrogen-bond donors (Lipinski definition) is 0. The SMILES string of the molecule is CCCCn1c(-c2ccccc2)nnc1C12CC3CC(CC(C3)C1)C2. The van der Waals surface area contributed by atoms with Crippen LogP contribution in [0, 0.1) is 17.8 Å². The highest BCUT2D eigenvalue weighted by molar-refractivity contribution is 5.55. The van der Waals surface area contributed by atoms with Gasteiger partial charge in [-0.15, -0.1) is 10.2 Å². The first kappa shape index (κ1) is 15.6. The largest absolute Gasteiger partial charge is 0.311 e. The Kier molecular flexibility index (Phi) is 3.72. The van der Waals surface area contributed by atoms with E-state index in [0.29, 0.717) is 5.41 Å². The number of benzene rings is 1. The molecule has 4 fully saturated rings. The second-order valence-corrected chi connectivity index (χ2v) is 8.92. The smallest absolute Gasteiger partial charge is 0.163 e. The lowest BCUT2D eigenvalue weighted by Crippen LogP contribution is -2.49. The van der Waals surface area contributed by atoms with Crippen LogP contribution in [0.15, 0.2) is 30.3 Å². The summed E-state index contributed by atoms with van der Waals surface area (Å²) in [6.07, 6.45) is 10.9. The van der Waals surface area contributed by atoms with Gasteiger partial charge in [-0.2, -0.15) is 0 Å². The molecule has 3 heteroatoms. The fourth-order valence-electron chi connectivity index (χ4n) is 6.41. The second kappa shape index (κ2) is 5.96. The van der Waals surface area contributed by atoms with Crippen molar-refractivity contribution in [3.63, 3.8) is 0 Å². The van der Waals surface area contributed by atoms with Gasteiger partial charge < -0.3 is 4.57 Å². The average molecular weight is 335 g/mol. The highest BCUT2D eigenvalue weighted by Crippen LogP contribution is 2.60. The van der Waals surface area contributed by atoms with Crippen LogP contribution in [0.5, 0.6) is 0 Å². The Morgan fingerprint density at radius 3 is 2.20 bits per heavy atom. The molecule has 2 aromatic rings. The third-order valence-corrected chi connectivity index (χ3v) is 7.03. The third kappa shape index (κ3) is 2.54. The van der Waals surface area contributed by atoms with Gasteiger partial charge in [-0.25, -0.2) is 0 Å². The standard InChI is InChI=1S/C22H29N3/c1-2-3-9-25-20(19-7-5-4-6-8-19)23-24-21(25)22-13-16-10-17(14-22)12-18(11-16)15-22/h4-8,16-18H,2-3,9-15H2,1H3. The lowest BCUT2D eigenvalue weighted by molar-refractivity contribution is -0.0111. The fraction of sp³-hybridized carbons (Fsp3) is 0.636. The molecule has 0 N–H and O–H groups in total. The molecule has 4 aliphatic rings. The van der Waals surface area contributed by atoms with Crippen LogP contribution in [0.3, 0.4) is 0 Å². The van der Waals surface area contributed by atoms with Crippen molar-refractivity contribution in [1.29, 1.82) is 0 Å². The molecule has 4 saturated carbocycles. The van der Waals surface area contributed by atoms with Gasteiger partial charge in [-0.3, -0.25) is 0 Å². The van der Waals surface area contributed by atoms with E-state index in [4.69, 9.17) is 10.2 Å². The van der Waals surface area contributed by atoms with E-state index in [1.807, 2.05) is 0 Å². The number of unbranched alkanes of at least 4 members (excludes halogenated alkanes) is 1. The van der Waals surface area contributed by atoms with Crippen molar-refractivity contribution in [1.82, 2.24) is 14.8 Å². The maximum atomic E-state index is 4.85. The Balaban J connectivity index is 1.58. The molecule has 4 bridgehead atoms. The molecule has 1 heterocycles. The van der Waals surface area contributed by atoms with Crippen molar-refractivity contribution in [3.05, 3.63) is 36.2 Å². The van der Waals surface area contributed by atoms with E-state index in [2.05, 4.69) is 41.8 Å². The molecule has 6 rings (SSSR count). The second-order valence-electron chi connectivity index (χ2n) is 8.92. The minimum atomic E-state index is 0.322. The molecule has 4 aliphatic carbocycles. The minimum absolute atomic E-state index is 0.322. The summed E-state index contributed by atoms with van der Waals surface area (Å²) in [5.41, 5.74) is 1.53. The van der Waals surface area contributed by atoms with Crippen LogP contribution in [0.25, 0.3) is 11.4 Å². The van der Waals surface area contributed by atoms with Gasteiger partial charge in [0.1, 0.15) is 5.82 Å². The lowest BCUT2D eigenvalue weighted by Gasteiger charge is -2.56. The van der Waals surface area contributed by atoms with Crippen molar-refractivity contribution in [3.8, 4) is 11.4 Å². The zero-order valence-corrected chi connectivity index (χ0v) is 15.3. The molecule has 0 spiro atoms. The van der Waals surface area contributed by atoms with Crippen molar-refractivity contribution in [2.24, 2.45) is 17.8 Å². The number of aromatic nitrogens is 3. The van der Waals surface area contributed by atoms with Crippen LogP contribution in [0.2, 0.25) is 0 Å². The van der Waals surface area contributed by atoms with Crippen LogP contribution in [0.1, 0.15) is 64.1 Å². The van der Waals surface area contributed by atoms with Gasteiger partial charge >= 0.3 is 0 Å². The Hall–Kier alpha value is -1.64. The van der Waals surface area contributed by atoms with E-state index in [1.54, 1.807) is 0 Å². The van der Waals surface area contributed by atoms with E-state index < -0.39 is 0 Å². The summed E-state index contributed by atoms with van der Waals surface area (Å²) in [6.45, 7) is 3.34. The number of nitrogens with zero attached hydrogens (tertiary/aromatic N) is 3. The maximum absolute atomic E-state index is 4.85. The Morgan fingerprint density at radius 1 is 0.960 bits per heavy atom. The summed E-state index contributed by atoms with van der Waals surface area (Å²) in [6, 6.07) is 10.7. The van der Waals surface area contributed by atoms with Crippen molar-refractivity contribution in [2.45, 2.75) is 70.3 Å². The van der Waals surface area contributed by atoms with Crippen LogP contribution in [-0.4, -0.2) is 14.8 Å². The number of rotatable bonds is 5. The molecule has 1 aromatic carbocycles. The van der Waals surface area contributed by atoms with Gasteiger partial charge in [0.25, 0.3) is 0 Å². The van der Waals surface area contributed by atoms with Crippen LogP contribution < -0.4 is 0 Å². The highest BCUT2D eigenvalue weighted by Gasteiger charge is 2.53. The summed E-state index contributed by atoms with van der Waals surface area (Å²) in [5.74, 6) is 5.24. The van der Waals surface area contributed by atoms with Gasteiger partial charge in [0, 0.05) is 17.5 Å². The first-order chi connectivity index (χ1) is 12.3. The normalized spacial score (nSPS) is 33.1. The molecule has 0 radical (unpaired) electrons. The van der Waals surface area contributed by atoms with Gasteiger partial charge in [-0.05, 0) is 62.7 Å². The highest BCUT2D eigenvalue weighted by atomic mass is 15.3. The molecule has 25 heavy (non-hydrogen) atoms. The molecule has 0 atom stereocenters. The first-order valence-electron chi connectivity index (χ1n) is 10.3. The minimum Gasteiger partial charge on any atom is -0.311 e. The first-order valence-corrected chi connectivity index (χ1v) is 10.3. The molecule has 0 aliphatic heterocycles. The summed E-state index contributed by atoms with van der Waals surface area (Å²) in [4.78, 5) is 0. The summed E-state index contributed by atoms with van der Waals surface area (Å²) < 4.78 is 2.49. The van der Waals surface area contributed by atoms with E-state index in [1.165, 1.54) is 62.8 Å². The Bertz CT molecular complexity index is 711. The van der Waals surface area contributed by atoms with Crippen LogP contribution >= 0.6 is 0 Å². The third-order valence-electron chi connectivity index (χ3n) is 7.03.